The molecule has 6 nitrogen and oxygen atoms in total. The number of tetrazole rings is 1. The first-order valence-corrected chi connectivity index (χ1v) is 8.12. The van der Waals surface area contributed by atoms with Crippen LogP contribution in [0.15, 0.2) is 48.5 Å². The molecule has 0 aliphatic carbocycles. The van der Waals surface area contributed by atoms with Crippen molar-refractivity contribution in [2.24, 2.45) is 0 Å². The van der Waals surface area contributed by atoms with Crippen molar-refractivity contribution >= 4 is 0 Å². The summed E-state index contributed by atoms with van der Waals surface area (Å²) in [6, 6.07) is 14.2. The van der Waals surface area contributed by atoms with E-state index >= 15 is 0 Å². The summed E-state index contributed by atoms with van der Waals surface area (Å²) in [6.07, 6.45) is 0.769. The lowest BCUT2D eigenvalue weighted by Gasteiger charge is -2.17. The highest BCUT2D eigenvalue weighted by molar-refractivity contribution is 5.33. The molecule has 3 rings (SSSR count). The van der Waals surface area contributed by atoms with Crippen LogP contribution in [0.3, 0.4) is 0 Å². The molecule has 3 aromatic rings. The Morgan fingerprint density at radius 2 is 1.92 bits per heavy atom. The van der Waals surface area contributed by atoms with Gasteiger partial charge < -0.3 is 10.1 Å². The lowest BCUT2D eigenvalue weighted by Crippen LogP contribution is -2.24. The summed E-state index contributed by atoms with van der Waals surface area (Å²) in [4.78, 5) is 0. The average molecular weight is 341 g/mol. The zero-order chi connectivity index (χ0) is 17.6. The second-order valence-corrected chi connectivity index (χ2v) is 5.59. The largest absolute Gasteiger partial charge is 0.497 e. The van der Waals surface area contributed by atoms with Gasteiger partial charge in [-0.15, -0.1) is 5.10 Å². The van der Waals surface area contributed by atoms with Crippen molar-refractivity contribution < 1.29 is 9.13 Å². The minimum Gasteiger partial charge on any atom is -0.497 e. The molecule has 0 fully saturated rings. The van der Waals surface area contributed by atoms with Crippen molar-refractivity contribution in [3.63, 3.8) is 0 Å². The molecule has 1 atom stereocenters. The summed E-state index contributed by atoms with van der Waals surface area (Å²) in [5.74, 6) is 1.04. The molecule has 1 heterocycles. The van der Waals surface area contributed by atoms with Crippen LogP contribution in [-0.4, -0.2) is 27.3 Å². The number of benzene rings is 2. The van der Waals surface area contributed by atoms with E-state index in [1.54, 1.807) is 25.3 Å². The van der Waals surface area contributed by atoms with Gasteiger partial charge in [0.05, 0.1) is 13.2 Å². The molecule has 0 saturated carbocycles. The van der Waals surface area contributed by atoms with Crippen LogP contribution in [0.1, 0.15) is 30.8 Å². The van der Waals surface area contributed by atoms with Gasteiger partial charge in [-0.1, -0.05) is 31.2 Å². The van der Waals surface area contributed by atoms with Crippen LogP contribution in [0, 0.1) is 5.82 Å². The van der Waals surface area contributed by atoms with Crippen molar-refractivity contribution in [2.75, 3.05) is 7.11 Å². The van der Waals surface area contributed by atoms with Crippen LogP contribution in [-0.2, 0) is 6.54 Å². The number of methoxy groups -OCH3 is 1. The summed E-state index contributed by atoms with van der Waals surface area (Å²) in [5, 5.41) is 15.2. The first kappa shape index (κ1) is 17.0. The summed E-state index contributed by atoms with van der Waals surface area (Å²) >= 11 is 0. The standard InChI is InChI=1S/C18H20FN5O/c1-3-16(20-12-13-8-10-14(25-2)11-9-13)18-21-22-23-24(18)17-7-5-4-6-15(17)19/h4-11,16,20H,3,12H2,1-2H3. The zero-order valence-electron chi connectivity index (χ0n) is 14.2. The van der Waals surface area contributed by atoms with E-state index in [-0.39, 0.29) is 11.9 Å². The third-order valence-electron chi connectivity index (χ3n) is 4.01. The summed E-state index contributed by atoms with van der Waals surface area (Å²) in [6.45, 7) is 2.68. The first-order valence-electron chi connectivity index (χ1n) is 8.12. The number of ether oxygens (including phenoxy) is 1. The number of nitrogens with one attached hydrogen (secondary N) is 1. The molecule has 0 amide bonds. The van der Waals surface area contributed by atoms with Gasteiger partial charge in [0, 0.05) is 6.54 Å². The SMILES string of the molecule is CCC(NCc1ccc(OC)cc1)c1nnnn1-c1ccccc1F. The molecule has 0 bridgehead atoms. The smallest absolute Gasteiger partial charge is 0.173 e. The monoisotopic (exact) mass is 341 g/mol. The third kappa shape index (κ3) is 3.83. The maximum absolute atomic E-state index is 14.1. The molecule has 0 aliphatic rings. The van der Waals surface area contributed by atoms with Crippen LogP contribution in [0.2, 0.25) is 0 Å². The van der Waals surface area contributed by atoms with E-state index in [0.717, 1.165) is 17.7 Å². The minimum atomic E-state index is -0.360. The van der Waals surface area contributed by atoms with Gasteiger partial charge in [-0.25, -0.2) is 4.39 Å². The van der Waals surface area contributed by atoms with Gasteiger partial charge in [-0.2, -0.15) is 4.68 Å². The average Bonchev–Trinajstić information content (AvgIpc) is 3.12. The molecule has 25 heavy (non-hydrogen) atoms. The Labute approximate surface area is 145 Å². The maximum Gasteiger partial charge on any atom is 0.173 e. The molecule has 0 radical (unpaired) electrons. The molecular formula is C18H20FN5O. The lowest BCUT2D eigenvalue weighted by atomic mass is 10.1. The van der Waals surface area contributed by atoms with Gasteiger partial charge >= 0.3 is 0 Å². The molecule has 2 aromatic carbocycles. The topological polar surface area (TPSA) is 64.9 Å². The van der Waals surface area contributed by atoms with Gasteiger partial charge in [0.15, 0.2) is 5.82 Å². The fourth-order valence-corrected chi connectivity index (χ4v) is 2.61. The second kappa shape index (κ2) is 7.85. The van der Waals surface area contributed by atoms with Gasteiger partial charge in [0.2, 0.25) is 0 Å². The van der Waals surface area contributed by atoms with E-state index < -0.39 is 0 Å². The van der Waals surface area contributed by atoms with Gasteiger partial charge in [0.1, 0.15) is 17.3 Å². The Kier molecular flexibility index (Phi) is 5.35. The quantitative estimate of drug-likeness (QED) is 0.715. The Hall–Kier alpha value is -2.80. The van der Waals surface area contributed by atoms with E-state index in [0.29, 0.717) is 18.1 Å². The normalized spacial score (nSPS) is 12.1. The van der Waals surface area contributed by atoms with Gasteiger partial charge in [0.25, 0.3) is 0 Å². The second-order valence-electron chi connectivity index (χ2n) is 5.59. The summed E-state index contributed by atoms with van der Waals surface area (Å²) in [7, 11) is 1.64. The Morgan fingerprint density at radius 3 is 2.60 bits per heavy atom. The van der Waals surface area contributed by atoms with E-state index in [1.165, 1.54) is 10.7 Å². The van der Waals surface area contributed by atoms with Crippen molar-refractivity contribution in [1.82, 2.24) is 25.5 Å². The van der Waals surface area contributed by atoms with Crippen LogP contribution in [0.25, 0.3) is 5.69 Å². The van der Waals surface area contributed by atoms with Gasteiger partial charge in [-0.05, 0) is 46.7 Å². The molecule has 7 heteroatoms. The molecule has 1 N–H and O–H groups in total. The highest BCUT2D eigenvalue weighted by atomic mass is 19.1. The van der Waals surface area contributed by atoms with E-state index in [2.05, 4.69) is 20.8 Å². The fourth-order valence-electron chi connectivity index (χ4n) is 2.61. The number of hydrogen-bond donors (Lipinski definition) is 1. The van der Waals surface area contributed by atoms with Gasteiger partial charge in [-0.3, -0.25) is 0 Å². The zero-order valence-corrected chi connectivity index (χ0v) is 14.2. The number of rotatable bonds is 7. The van der Waals surface area contributed by atoms with E-state index in [4.69, 9.17) is 4.74 Å². The molecule has 1 aromatic heterocycles. The Balaban J connectivity index is 1.77. The summed E-state index contributed by atoms with van der Waals surface area (Å²) < 4.78 is 20.7. The molecule has 0 saturated heterocycles. The predicted octanol–water partition coefficient (Wildman–Crippen LogP) is 3.05. The maximum atomic E-state index is 14.1. The molecular weight excluding hydrogens is 321 g/mol. The van der Waals surface area contributed by atoms with E-state index in [9.17, 15) is 4.39 Å². The number of nitrogens with zero attached hydrogens (tertiary/aromatic N) is 4. The molecule has 0 aliphatic heterocycles. The number of aromatic nitrogens is 4. The third-order valence-corrected chi connectivity index (χ3v) is 4.01. The fraction of sp³-hybridized carbons (Fsp3) is 0.278. The Morgan fingerprint density at radius 1 is 1.16 bits per heavy atom. The highest BCUT2D eigenvalue weighted by Crippen LogP contribution is 2.20. The highest BCUT2D eigenvalue weighted by Gasteiger charge is 2.19. The Bertz CT molecular complexity index is 818. The van der Waals surface area contributed by atoms with Crippen LogP contribution < -0.4 is 10.1 Å². The van der Waals surface area contributed by atoms with Crippen molar-refractivity contribution in [3.8, 4) is 11.4 Å². The minimum absolute atomic E-state index is 0.100. The molecule has 130 valence electrons. The molecule has 1 unspecified atom stereocenters. The van der Waals surface area contributed by atoms with E-state index in [1.807, 2.05) is 31.2 Å². The summed E-state index contributed by atoms with van der Waals surface area (Å²) in [5.41, 5.74) is 1.45. The van der Waals surface area contributed by atoms with Crippen LogP contribution in [0.4, 0.5) is 4.39 Å². The predicted molar refractivity (Wildman–Crippen MR) is 92.0 cm³/mol. The number of hydrogen-bond acceptors (Lipinski definition) is 5. The van der Waals surface area contributed by atoms with Crippen LogP contribution >= 0.6 is 0 Å². The number of halogens is 1. The van der Waals surface area contributed by atoms with Crippen LogP contribution in [0.5, 0.6) is 5.75 Å². The first-order chi connectivity index (χ1) is 12.2. The van der Waals surface area contributed by atoms with Crippen molar-refractivity contribution in [3.05, 3.63) is 65.7 Å². The lowest BCUT2D eigenvalue weighted by molar-refractivity contribution is 0.414. The van der Waals surface area contributed by atoms with Crippen molar-refractivity contribution in [2.45, 2.75) is 25.9 Å². The van der Waals surface area contributed by atoms with Crippen molar-refractivity contribution in [1.29, 1.82) is 0 Å². The molecule has 0 spiro atoms. The number of para-hydroxylation sites is 1.